The van der Waals surface area contributed by atoms with Crippen LogP contribution in [0, 0.1) is 23.7 Å². The van der Waals surface area contributed by atoms with Crippen molar-refractivity contribution in [3.05, 3.63) is 72.9 Å². The molecule has 0 saturated heterocycles. The molecule has 6 atom stereocenters. The lowest BCUT2D eigenvalue weighted by Gasteiger charge is -2.33. The van der Waals surface area contributed by atoms with Crippen LogP contribution in [-0.4, -0.2) is 81.6 Å². The number of aromatic amines is 1. The van der Waals surface area contributed by atoms with E-state index in [0.717, 1.165) is 0 Å². The first kappa shape index (κ1) is 40.6. The van der Waals surface area contributed by atoms with Gasteiger partial charge in [-0.15, -0.1) is 0 Å². The van der Waals surface area contributed by atoms with E-state index < -0.39 is 42.0 Å². The molecule has 13 heteroatoms. The molecule has 0 aliphatic heterocycles. The van der Waals surface area contributed by atoms with Crippen molar-refractivity contribution in [1.82, 2.24) is 30.9 Å². The predicted octanol–water partition coefficient (Wildman–Crippen LogP) is 3.66. The first-order valence-electron chi connectivity index (χ1n) is 17.7. The third-order valence-electron chi connectivity index (χ3n) is 9.00. The van der Waals surface area contributed by atoms with Crippen LogP contribution >= 0.6 is 0 Å². The van der Waals surface area contributed by atoms with E-state index in [-0.39, 0.29) is 49.0 Å². The van der Waals surface area contributed by atoms with Gasteiger partial charge in [-0.2, -0.15) is 0 Å². The summed E-state index contributed by atoms with van der Waals surface area (Å²) in [6, 6.07) is 11.6. The maximum absolute atomic E-state index is 13.9. The van der Waals surface area contributed by atoms with E-state index in [0.29, 0.717) is 30.1 Å². The van der Waals surface area contributed by atoms with E-state index in [1.165, 1.54) is 11.2 Å². The lowest BCUT2D eigenvalue weighted by atomic mass is 9.85. The highest BCUT2D eigenvalue weighted by molar-refractivity contribution is 5.98. The number of aliphatic hydroxyl groups is 1. The summed E-state index contributed by atoms with van der Waals surface area (Å²) in [5.74, 6) is -1.56. The highest BCUT2D eigenvalue weighted by Gasteiger charge is 2.36. The Morgan fingerprint density at radius 2 is 1.63 bits per heavy atom. The highest BCUT2D eigenvalue weighted by Crippen LogP contribution is 2.24. The molecule has 51 heavy (non-hydrogen) atoms. The van der Waals surface area contributed by atoms with Crippen LogP contribution < -0.4 is 25.6 Å². The number of likely N-dealkylation sites (N-methyl/N-ethyl adjacent to an activating group) is 1. The number of aromatic nitrogens is 3. The predicted molar refractivity (Wildman–Crippen MR) is 196 cm³/mol. The summed E-state index contributed by atoms with van der Waals surface area (Å²) in [7, 11) is 1.63. The van der Waals surface area contributed by atoms with E-state index in [1.54, 1.807) is 61.9 Å². The second kappa shape index (κ2) is 20.2. The van der Waals surface area contributed by atoms with Gasteiger partial charge in [0.05, 0.1) is 18.5 Å². The molecule has 2 heterocycles. The van der Waals surface area contributed by atoms with Crippen molar-refractivity contribution < 1.29 is 29.0 Å². The van der Waals surface area contributed by atoms with Gasteiger partial charge in [0.25, 0.3) is 11.8 Å². The summed E-state index contributed by atoms with van der Waals surface area (Å²) < 4.78 is 5.57. The molecule has 4 amide bonds. The van der Waals surface area contributed by atoms with Gasteiger partial charge in [-0.05, 0) is 54.9 Å². The van der Waals surface area contributed by atoms with Crippen molar-refractivity contribution in [2.24, 2.45) is 23.7 Å². The zero-order valence-corrected chi connectivity index (χ0v) is 30.8. The molecule has 0 bridgehead atoms. The molecule has 0 fully saturated rings. The third-order valence-corrected chi connectivity index (χ3v) is 9.00. The Kier molecular flexibility index (Phi) is 16.1. The van der Waals surface area contributed by atoms with Gasteiger partial charge in [0, 0.05) is 37.5 Å². The Hall–Kier alpha value is -4.78. The number of pyridine rings is 1. The largest absolute Gasteiger partial charge is 0.484 e. The number of carbonyl (C=O) groups excluding carboxylic acids is 4. The van der Waals surface area contributed by atoms with Crippen molar-refractivity contribution in [2.75, 3.05) is 18.6 Å². The Morgan fingerprint density at radius 1 is 0.922 bits per heavy atom. The Balaban J connectivity index is 1.75. The molecule has 278 valence electrons. The lowest BCUT2D eigenvalue weighted by molar-refractivity contribution is -0.133. The second-order valence-electron chi connectivity index (χ2n) is 13.9. The van der Waals surface area contributed by atoms with Crippen molar-refractivity contribution in [3.8, 4) is 5.75 Å². The molecule has 2 aromatic heterocycles. The fourth-order valence-electron chi connectivity index (χ4n) is 5.75. The molecule has 0 aliphatic rings. The lowest BCUT2D eigenvalue weighted by Crippen LogP contribution is -2.55. The van der Waals surface area contributed by atoms with Gasteiger partial charge in [0.2, 0.25) is 11.8 Å². The molecule has 0 saturated carbocycles. The van der Waals surface area contributed by atoms with E-state index in [1.807, 2.05) is 47.6 Å². The number of hydrogen-bond acceptors (Lipinski definition) is 8. The average Bonchev–Trinajstić information content (AvgIpc) is 3.64. The van der Waals surface area contributed by atoms with E-state index in [9.17, 15) is 24.3 Å². The normalized spacial score (nSPS) is 14.9. The van der Waals surface area contributed by atoms with E-state index in [2.05, 4.69) is 30.9 Å². The highest BCUT2D eigenvalue weighted by atomic mass is 16.5. The van der Waals surface area contributed by atoms with Crippen LogP contribution in [0.3, 0.4) is 0 Å². The van der Waals surface area contributed by atoms with E-state index >= 15 is 0 Å². The maximum atomic E-state index is 13.9. The number of para-hydroxylation sites is 1. The fourth-order valence-corrected chi connectivity index (χ4v) is 5.75. The zero-order valence-electron chi connectivity index (χ0n) is 30.8. The molecule has 3 rings (SSSR count). The molecule has 0 radical (unpaired) electrons. The van der Waals surface area contributed by atoms with Crippen molar-refractivity contribution in [2.45, 2.75) is 91.5 Å². The summed E-state index contributed by atoms with van der Waals surface area (Å²) in [6.45, 7) is 11.3. The number of anilines is 1. The van der Waals surface area contributed by atoms with Gasteiger partial charge < -0.3 is 30.8 Å². The second-order valence-corrected chi connectivity index (χ2v) is 13.9. The van der Waals surface area contributed by atoms with Crippen molar-refractivity contribution in [1.29, 1.82) is 0 Å². The fraction of sp³-hybridized carbons (Fsp3) is 0.526. The summed E-state index contributed by atoms with van der Waals surface area (Å²) in [6.07, 6.45) is 4.81. The minimum Gasteiger partial charge on any atom is -0.484 e. The smallest absolute Gasteiger partial charge is 0.258 e. The SMILES string of the molecule is CC[C@@H](C)[C@H](NC(=O)[C@@H](CC(O)[C@H](CC(C)C)NC(=O)[C@H](Cc1cnc[nH]1)NC(=O)COc1ccccc1)C(C)C)C(=O)N(C)c1ccccn1. The first-order valence-corrected chi connectivity index (χ1v) is 17.7. The van der Waals surface area contributed by atoms with Gasteiger partial charge in [0.1, 0.15) is 23.7 Å². The molecule has 13 nitrogen and oxygen atoms in total. The number of hydrogen-bond donors (Lipinski definition) is 5. The van der Waals surface area contributed by atoms with Crippen molar-refractivity contribution in [3.63, 3.8) is 0 Å². The van der Waals surface area contributed by atoms with Gasteiger partial charge in [0.15, 0.2) is 6.61 Å². The Bertz CT molecular complexity index is 1500. The standard InChI is InChI=1S/C38H55N7O6/c1-8-26(6)35(38(50)45(7)33-16-12-13-17-40-33)44-36(48)29(25(4)5)20-32(46)30(18-24(2)3)43-37(49)31(19-27-21-39-23-41-27)42-34(47)22-51-28-14-10-9-11-15-28/h9-17,21,23-26,29-32,35,46H,8,18-20,22H2,1-7H3,(H,39,41)(H,42,47)(H,43,49)(H,44,48)/t26-,29+,30+,31+,32?,35+/m1/s1. The van der Waals surface area contributed by atoms with Crippen LogP contribution in [0.25, 0.3) is 0 Å². The van der Waals surface area contributed by atoms with Gasteiger partial charge in [-0.1, -0.05) is 72.2 Å². The monoisotopic (exact) mass is 705 g/mol. The first-order chi connectivity index (χ1) is 24.3. The number of rotatable bonds is 20. The van der Waals surface area contributed by atoms with Crippen LogP contribution in [0.4, 0.5) is 5.82 Å². The van der Waals surface area contributed by atoms with Crippen LogP contribution in [0.2, 0.25) is 0 Å². The molecule has 1 aromatic carbocycles. The quantitative estimate of drug-likeness (QED) is 0.118. The Labute approximate surface area is 301 Å². The number of carbonyl (C=O) groups is 4. The molecule has 1 unspecified atom stereocenters. The number of imidazole rings is 1. The summed E-state index contributed by atoms with van der Waals surface area (Å²) in [5, 5.41) is 20.4. The number of nitrogens with one attached hydrogen (secondary N) is 4. The molecule has 3 aromatic rings. The van der Waals surface area contributed by atoms with Crippen LogP contribution in [-0.2, 0) is 25.6 Å². The number of amides is 4. The zero-order chi connectivity index (χ0) is 37.5. The number of ether oxygens (including phenoxy) is 1. The third kappa shape index (κ3) is 12.8. The topological polar surface area (TPSA) is 179 Å². The number of nitrogens with zero attached hydrogens (tertiary/aromatic N) is 3. The summed E-state index contributed by atoms with van der Waals surface area (Å²) in [4.78, 5) is 67.0. The van der Waals surface area contributed by atoms with Crippen LogP contribution in [0.5, 0.6) is 5.75 Å². The molecular formula is C38H55N7O6. The molecule has 0 aliphatic carbocycles. The van der Waals surface area contributed by atoms with Crippen molar-refractivity contribution >= 4 is 29.4 Å². The number of aliphatic hydroxyl groups excluding tert-OH is 1. The van der Waals surface area contributed by atoms with Gasteiger partial charge in [-0.3, -0.25) is 24.1 Å². The number of H-pyrrole nitrogens is 1. The molecule has 5 N–H and O–H groups in total. The summed E-state index contributed by atoms with van der Waals surface area (Å²) in [5.41, 5.74) is 0.635. The summed E-state index contributed by atoms with van der Waals surface area (Å²) >= 11 is 0. The van der Waals surface area contributed by atoms with Crippen LogP contribution in [0.15, 0.2) is 67.3 Å². The minimum absolute atomic E-state index is 0.0428. The van der Waals surface area contributed by atoms with Crippen LogP contribution in [0.1, 0.15) is 66.5 Å². The minimum atomic E-state index is -1.10. The average molecular weight is 706 g/mol. The number of benzene rings is 1. The van der Waals surface area contributed by atoms with E-state index in [4.69, 9.17) is 4.74 Å². The molecule has 0 spiro atoms. The van der Waals surface area contributed by atoms with Gasteiger partial charge >= 0.3 is 0 Å². The molecular weight excluding hydrogens is 650 g/mol. The Morgan fingerprint density at radius 3 is 2.22 bits per heavy atom. The van der Waals surface area contributed by atoms with Gasteiger partial charge in [-0.25, -0.2) is 9.97 Å². The maximum Gasteiger partial charge on any atom is 0.258 e.